The molecule has 3 heterocycles. The minimum atomic E-state index is -3.65. The van der Waals surface area contributed by atoms with Gasteiger partial charge in [-0.1, -0.05) is 5.16 Å². The summed E-state index contributed by atoms with van der Waals surface area (Å²) in [5, 5.41) is 3.98. The molecule has 0 spiro atoms. The Kier molecular flexibility index (Phi) is 4.41. The predicted octanol–water partition coefficient (Wildman–Crippen LogP) is 0.934. The Morgan fingerprint density at radius 1 is 1.15 bits per heavy atom. The van der Waals surface area contributed by atoms with Crippen LogP contribution in [0.25, 0.3) is 11.1 Å². The number of fused-ring (bicyclic) bond motifs is 1. The van der Waals surface area contributed by atoms with Gasteiger partial charge >= 0.3 is 5.76 Å². The van der Waals surface area contributed by atoms with E-state index in [-0.39, 0.29) is 10.5 Å². The number of piperazine rings is 1. The number of oxazole rings is 1. The minimum absolute atomic E-state index is 0.130. The summed E-state index contributed by atoms with van der Waals surface area (Å²) in [6, 6.07) is 6.40. The van der Waals surface area contributed by atoms with Crippen LogP contribution in [0.1, 0.15) is 11.5 Å². The second kappa shape index (κ2) is 6.63. The van der Waals surface area contributed by atoms with E-state index in [1.165, 1.54) is 21.0 Å². The van der Waals surface area contributed by atoms with Gasteiger partial charge in [-0.2, -0.15) is 4.31 Å². The molecule has 144 valence electrons. The maximum atomic E-state index is 12.9. The Balaban J connectivity index is 1.49. The summed E-state index contributed by atoms with van der Waals surface area (Å²) in [4.78, 5) is 13.9. The molecule has 0 N–H and O–H groups in total. The lowest BCUT2D eigenvalue weighted by atomic mass is 10.3. The van der Waals surface area contributed by atoms with Crippen LogP contribution in [0.3, 0.4) is 0 Å². The third-order valence-corrected chi connectivity index (χ3v) is 6.69. The fourth-order valence-corrected chi connectivity index (χ4v) is 4.71. The topological polar surface area (TPSA) is 102 Å². The van der Waals surface area contributed by atoms with Gasteiger partial charge in [0.05, 0.1) is 16.1 Å². The zero-order valence-corrected chi connectivity index (χ0v) is 15.9. The van der Waals surface area contributed by atoms with Crippen LogP contribution in [-0.4, -0.2) is 53.5 Å². The van der Waals surface area contributed by atoms with Gasteiger partial charge in [-0.05, 0) is 19.1 Å². The molecule has 2 aromatic heterocycles. The van der Waals surface area contributed by atoms with E-state index < -0.39 is 15.8 Å². The first-order chi connectivity index (χ1) is 12.8. The fourth-order valence-electron chi connectivity index (χ4n) is 3.27. The van der Waals surface area contributed by atoms with E-state index in [9.17, 15) is 13.2 Å². The number of aromatic nitrogens is 2. The van der Waals surface area contributed by atoms with Crippen LogP contribution >= 0.6 is 0 Å². The third-order valence-electron chi connectivity index (χ3n) is 4.80. The van der Waals surface area contributed by atoms with Crippen molar-refractivity contribution in [2.24, 2.45) is 7.05 Å². The molecular weight excluding hydrogens is 372 g/mol. The molecule has 10 heteroatoms. The molecule has 1 aliphatic rings. The zero-order valence-electron chi connectivity index (χ0n) is 15.1. The summed E-state index contributed by atoms with van der Waals surface area (Å²) in [6.07, 6.45) is 0. The molecule has 0 unspecified atom stereocenters. The van der Waals surface area contributed by atoms with Gasteiger partial charge in [-0.25, -0.2) is 13.2 Å². The minimum Gasteiger partial charge on any atom is -0.408 e. The highest BCUT2D eigenvalue weighted by atomic mass is 32.2. The average molecular weight is 392 g/mol. The molecule has 9 nitrogen and oxygen atoms in total. The summed E-state index contributed by atoms with van der Waals surface area (Å²) in [6.45, 7) is 4.45. The van der Waals surface area contributed by atoms with Crippen LogP contribution in [0.2, 0.25) is 0 Å². The Hall–Kier alpha value is -2.43. The van der Waals surface area contributed by atoms with Crippen LogP contribution in [0, 0.1) is 6.92 Å². The monoisotopic (exact) mass is 392 g/mol. The summed E-state index contributed by atoms with van der Waals surface area (Å²) in [5.41, 5.74) is 1.67. The third kappa shape index (κ3) is 3.31. The van der Waals surface area contributed by atoms with Gasteiger partial charge in [0.1, 0.15) is 5.76 Å². The van der Waals surface area contributed by atoms with Gasteiger partial charge in [-0.15, -0.1) is 0 Å². The van der Waals surface area contributed by atoms with Crippen molar-refractivity contribution in [2.45, 2.75) is 18.4 Å². The number of rotatable bonds is 4. The molecule has 0 saturated carbocycles. The second-order valence-corrected chi connectivity index (χ2v) is 8.60. The summed E-state index contributed by atoms with van der Waals surface area (Å²) in [5.74, 6) is 0.241. The number of hydrogen-bond donors (Lipinski definition) is 0. The molecule has 1 fully saturated rings. The SMILES string of the molecule is Cc1cc(CN2CCN(S(=O)(=O)c3ccc4c(c3)oc(=O)n4C)CC2)no1. The van der Waals surface area contributed by atoms with E-state index in [1.54, 1.807) is 13.1 Å². The molecule has 0 radical (unpaired) electrons. The first kappa shape index (κ1) is 18.0. The maximum Gasteiger partial charge on any atom is 0.419 e. The van der Waals surface area contributed by atoms with Crippen LogP contribution in [-0.2, 0) is 23.6 Å². The normalized spacial score (nSPS) is 17.0. The molecule has 3 aromatic rings. The van der Waals surface area contributed by atoms with Crippen molar-refractivity contribution >= 4 is 21.1 Å². The van der Waals surface area contributed by atoms with E-state index in [0.29, 0.717) is 38.2 Å². The largest absolute Gasteiger partial charge is 0.419 e. The maximum absolute atomic E-state index is 12.9. The highest BCUT2D eigenvalue weighted by Gasteiger charge is 2.29. The van der Waals surface area contributed by atoms with Gasteiger partial charge < -0.3 is 8.94 Å². The fraction of sp³-hybridized carbons (Fsp3) is 0.412. The summed E-state index contributed by atoms with van der Waals surface area (Å²) in [7, 11) is -2.07. The van der Waals surface area contributed by atoms with Crippen molar-refractivity contribution in [3.8, 4) is 0 Å². The number of nitrogens with zero attached hydrogens (tertiary/aromatic N) is 4. The van der Waals surface area contributed by atoms with E-state index in [4.69, 9.17) is 8.94 Å². The molecule has 0 atom stereocenters. The van der Waals surface area contributed by atoms with E-state index in [2.05, 4.69) is 10.1 Å². The van der Waals surface area contributed by atoms with Gasteiger partial charge in [-0.3, -0.25) is 9.47 Å². The molecule has 0 amide bonds. The van der Waals surface area contributed by atoms with E-state index in [0.717, 1.165) is 11.5 Å². The number of benzene rings is 1. The lowest BCUT2D eigenvalue weighted by molar-refractivity contribution is 0.177. The molecule has 0 aliphatic carbocycles. The van der Waals surface area contributed by atoms with Crippen LogP contribution in [0.15, 0.2) is 42.9 Å². The first-order valence-corrected chi connectivity index (χ1v) is 10.0. The van der Waals surface area contributed by atoms with Crippen molar-refractivity contribution < 1.29 is 17.4 Å². The van der Waals surface area contributed by atoms with Crippen molar-refractivity contribution in [2.75, 3.05) is 26.2 Å². The van der Waals surface area contributed by atoms with Crippen molar-refractivity contribution in [1.82, 2.24) is 18.9 Å². The standard InChI is InChI=1S/C17H20N4O5S/c1-12-9-13(18-26-12)11-20-5-7-21(8-6-20)27(23,24)14-3-4-15-16(10-14)25-17(22)19(15)2/h3-4,9-10H,5-8,11H2,1-2H3. The quantitative estimate of drug-likeness (QED) is 0.651. The molecular formula is C17H20N4O5S. The molecule has 0 bridgehead atoms. The Morgan fingerprint density at radius 2 is 1.89 bits per heavy atom. The molecule has 1 saturated heterocycles. The van der Waals surface area contributed by atoms with E-state index in [1.807, 2.05) is 13.0 Å². The Labute approximate surface area is 155 Å². The predicted molar refractivity (Wildman–Crippen MR) is 96.7 cm³/mol. The lowest BCUT2D eigenvalue weighted by Gasteiger charge is -2.33. The molecule has 4 rings (SSSR count). The molecule has 1 aromatic carbocycles. The van der Waals surface area contributed by atoms with Gasteiger partial charge in [0.2, 0.25) is 10.0 Å². The number of aryl methyl sites for hydroxylation is 2. The van der Waals surface area contributed by atoms with Gasteiger partial charge in [0.15, 0.2) is 5.58 Å². The number of sulfonamides is 1. The lowest BCUT2D eigenvalue weighted by Crippen LogP contribution is -2.48. The highest BCUT2D eigenvalue weighted by molar-refractivity contribution is 7.89. The van der Waals surface area contributed by atoms with Crippen LogP contribution < -0.4 is 5.76 Å². The molecule has 1 aliphatic heterocycles. The van der Waals surface area contributed by atoms with Crippen molar-refractivity contribution in [3.05, 3.63) is 46.3 Å². The first-order valence-electron chi connectivity index (χ1n) is 8.59. The number of hydrogen-bond acceptors (Lipinski definition) is 7. The van der Waals surface area contributed by atoms with Crippen LogP contribution in [0.4, 0.5) is 0 Å². The highest BCUT2D eigenvalue weighted by Crippen LogP contribution is 2.22. The van der Waals surface area contributed by atoms with Crippen LogP contribution in [0.5, 0.6) is 0 Å². The zero-order chi connectivity index (χ0) is 19.2. The smallest absolute Gasteiger partial charge is 0.408 e. The van der Waals surface area contributed by atoms with Gasteiger partial charge in [0, 0.05) is 51.9 Å². The van der Waals surface area contributed by atoms with Crippen molar-refractivity contribution in [1.29, 1.82) is 0 Å². The van der Waals surface area contributed by atoms with Gasteiger partial charge in [0.25, 0.3) is 0 Å². The van der Waals surface area contributed by atoms with E-state index >= 15 is 0 Å². The van der Waals surface area contributed by atoms with Crippen molar-refractivity contribution in [3.63, 3.8) is 0 Å². The molecule has 27 heavy (non-hydrogen) atoms. The second-order valence-electron chi connectivity index (χ2n) is 6.67. The Bertz CT molecular complexity index is 1140. The Morgan fingerprint density at radius 3 is 2.56 bits per heavy atom. The summed E-state index contributed by atoms with van der Waals surface area (Å²) < 4.78 is 38.9. The average Bonchev–Trinajstić information content (AvgIpc) is 3.18. The summed E-state index contributed by atoms with van der Waals surface area (Å²) >= 11 is 0.